The number of alkyl halides is 3. The van der Waals surface area contributed by atoms with Crippen molar-refractivity contribution in [3.05, 3.63) is 15.5 Å². The van der Waals surface area contributed by atoms with Gasteiger partial charge in [-0.3, -0.25) is 4.79 Å². The molecule has 0 fully saturated rings. The van der Waals surface area contributed by atoms with E-state index >= 15 is 0 Å². The number of carbonyl (C=O) groups excluding carboxylic acids is 1. The van der Waals surface area contributed by atoms with E-state index in [0.29, 0.717) is 0 Å². The largest absolute Gasteiger partial charge is 0.573 e. The van der Waals surface area contributed by atoms with Gasteiger partial charge < -0.3 is 14.2 Å². The van der Waals surface area contributed by atoms with E-state index in [1.807, 2.05) is 0 Å². The minimum Gasteiger partial charge on any atom is -0.495 e. The molecule has 0 aromatic carbocycles. The molecule has 0 unspecified atom stereocenters. The maximum absolute atomic E-state index is 12.2. The second kappa shape index (κ2) is 6.95. The Bertz CT molecular complexity index is 493. The normalized spacial score (nSPS) is 11.1. The summed E-state index contributed by atoms with van der Waals surface area (Å²) in [6.45, 7) is 1.85. The smallest absolute Gasteiger partial charge is 0.495 e. The summed E-state index contributed by atoms with van der Waals surface area (Å²) < 4.78 is 50.0. The summed E-state index contributed by atoms with van der Waals surface area (Å²) in [6.07, 6.45) is -5.02. The van der Waals surface area contributed by atoms with Gasteiger partial charge in [-0.25, -0.2) is 4.98 Å². The number of pyridine rings is 1. The Labute approximate surface area is 126 Å². The summed E-state index contributed by atoms with van der Waals surface area (Å²) in [5.74, 6) is -1.00. The lowest BCUT2D eigenvalue weighted by molar-refractivity contribution is -0.275. The quantitative estimate of drug-likeness (QED) is 0.429. The van der Waals surface area contributed by atoms with Gasteiger partial charge in [0.25, 0.3) is 0 Å². The summed E-state index contributed by atoms with van der Waals surface area (Å²) in [4.78, 5) is 15.3. The monoisotopic (exact) mass is 405 g/mol. The molecular weight excluding hydrogens is 394 g/mol. The molecule has 0 bridgehead atoms. The van der Waals surface area contributed by atoms with Crippen LogP contribution in [0.1, 0.15) is 12.6 Å². The van der Waals surface area contributed by atoms with Gasteiger partial charge in [0.05, 0.1) is 25.8 Å². The van der Waals surface area contributed by atoms with Crippen LogP contribution < -0.4 is 9.47 Å². The Morgan fingerprint density at radius 3 is 2.55 bits per heavy atom. The number of ether oxygens (including phenoxy) is 3. The van der Waals surface area contributed by atoms with Crippen LogP contribution in [0.5, 0.6) is 11.5 Å². The lowest BCUT2D eigenvalue weighted by Crippen LogP contribution is -2.19. The predicted octanol–water partition coefficient (Wildman–Crippen LogP) is 2.70. The SMILES string of the molecule is CCOC(=O)Cc1nc(I)c(OC(F)(F)F)cc1OC. The molecule has 9 heteroatoms. The van der Waals surface area contributed by atoms with E-state index in [2.05, 4.69) is 9.72 Å². The van der Waals surface area contributed by atoms with Crippen molar-refractivity contribution in [2.45, 2.75) is 19.7 Å². The minimum atomic E-state index is -4.82. The number of methoxy groups -OCH3 is 1. The van der Waals surface area contributed by atoms with Crippen LogP contribution in [0, 0.1) is 3.70 Å². The third-order valence-corrected chi connectivity index (χ3v) is 2.82. The Hall–Kier alpha value is -1.26. The van der Waals surface area contributed by atoms with Gasteiger partial charge in [-0.15, -0.1) is 13.2 Å². The van der Waals surface area contributed by atoms with E-state index < -0.39 is 18.1 Å². The molecule has 0 atom stereocenters. The Morgan fingerprint density at radius 2 is 2.05 bits per heavy atom. The molecule has 0 saturated heterocycles. The van der Waals surface area contributed by atoms with Crippen molar-refractivity contribution < 1.29 is 32.2 Å². The number of rotatable bonds is 5. The highest BCUT2D eigenvalue weighted by atomic mass is 127. The summed E-state index contributed by atoms with van der Waals surface area (Å²) in [5, 5.41) is 0. The molecule has 0 aliphatic rings. The van der Waals surface area contributed by atoms with E-state index in [4.69, 9.17) is 9.47 Å². The number of halogens is 4. The molecule has 0 radical (unpaired) electrons. The summed E-state index contributed by atoms with van der Waals surface area (Å²) >= 11 is 1.58. The van der Waals surface area contributed by atoms with E-state index in [1.54, 1.807) is 29.5 Å². The number of nitrogens with zero attached hydrogens (tertiary/aromatic N) is 1. The third-order valence-electron chi connectivity index (χ3n) is 2.05. The minimum absolute atomic E-state index is 0.0257. The fourth-order valence-electron chi connectivity index (χ4n) is 1.34. The molecule has 0 amide bonds. The average Bonchev–Trinajstić information content (AvgIpc) is 2.31. The Balaban J connectivity index is 3.04. The number of hydrogen-bond acceptors (Lipinski definition) is 5. The van der Waals surface area contributed by atoms with Gasteiger partial charge in [0.2, 0.25) is 0 Å². The van der Waals surface area contributed by atoms with Crippen LogP contribution >= 0.6 is 22.6 Å². The molecule has 1 aromatic heterocycles. The summed E-state index contributed by atoms with van der Waals surface area (Å²) in [7, 11) is 1.26. The number of esters is 1. The lowest BCUT2D eigenvalue weighted by Gasteiger charge is -2.13. The van der Waals surface area contributed by atoms with Gasteiger partial charge in [-0.2, -0.15) is 0 Å². The first-order chi connectivity index (χ1) is 9.26. The molecule has 5 nitrogen and oxygen atoms in total. The highest BCUT2D eigenvalue weighted by Gasteiger charge is 2.33. The number of hydrogen-bond donors (Lipinski definition) is 0. The fraction of sp³-hybridized carbons (Fsp3) is 0.455. The van der Waals surface area contributed by atoms with Crippen molar-refractivity contribution in [2.75, 3.05) is 13.7 Å². The molecule has 0 aliphatic carbocycles. The van der Waals surface area contributed by atoms with Crippen molar-refractivity contribution in [3.8, 4) is 11.5 Å². The highest BCUT2D eigenvalue weighted by Crippen LogP contribution is 2.31. The van der Waals surface area contributed by atoms with Gasteiger partial charge in [-0.05, 0) is 29.5 Å². The van der Waals surface area contributed by atoms with Crippen molar-refractivity contribution in [1.29, 1.82) is 0 Å². The molecule has 0 aliphatic heterocycles. The number of aromatic nitrogens is 1. The topological polar surface area (TPSA) is 57.7 Å². The third kappa shape index (κ3) is 5.02. The molecule has 1 rings (SSSR count). The first-order valence-corrected chi connectivity index (χ1v) is 6.49. The van der Waals surface area contributed by atoms with Crippen LogP contribution in [0.15, 0.2) is 6.07 Å². The zero-order chi connectivity index (χ0) is 15.3. The summed E-state index contributed by atoms with van der Waals surface area (Å²) in [5.41, 5.74) is 0.185. The van der Waals surface area contributed by atoms with Crippen molar-refractivity contribution in [1.82, 2.24) is 4.98 Å². The first-order valence-electron chi connectivity index (χ1n) is 5.41. The molecule has 20 heavy (non-hydrogen) atoms. The van der Waals surface area contributed by atoms with Gasteiger partial charge in [-0.1, -0.05) is 0 Å². The molecule has 0 spiro atoms. The summed E-state index contributed by atoms with van der Waals surface area (Å²) in [6, 6.07) is 1.04. The Morgan fingerprint density at radius 1 is 1.40 bits per heavy atom. The maximum atomic E-state index is 12.2. The van der Waals surface area contributed by atoms with Gasteiger partial charge in [0, 0.05) is 6.07 Å². The van der Waals surface area contributed by atoms with Crippen molar-refractivity contribution in [3.63, 3.8) is 0 Å². The second-order valence-corrected chi connectivity index (χ2v) is 4.48. The highest BCUT2D eigenvalue weighted by molar-refractivity contribution is 14.1. The first kappa shape index (κ1) is 16.8. The van der Waals surface area contributed by atoms with E-state index in [1.165, 1.54) is 7.11 Å². The molecule has 1 heterocycles. The van der Waals surface area contributed by atoms with Gasteiger partial charge >= 0.3 is 12.3 Å². The van der Waals surface area contributed by atoms with Crippen molar-refractivity contribution in [2.24, 2.45) is 0 Å². The Kier molecular flexibility index (Phi) is 5.84. The average molecular weight is 405 g/mol. The zero-order valence-corrected chi connectivity index (χ0v) is 12.7. The van der Waals surface area contributed by atoms with Gasteiger partial charge in [0.1, 0.15) is 9.45 Å². The zero-order valence-electron chi connectivity index (χ0n) is 10.6. The molecule has 1 aromatic rings. The van der Waals surface area contributed by atoms with E-state index in [-0.39, 0.29) is 28.2 Å². The predicted molar refractivity (Wildman–Crippen MR) is 70.5 cm³/mol. The van der Waals surface area contributed by atoms with Gasteiger partial charge in [0.15, 0.2) is 5.75 Å². The van der Waals surface area contributed by atoms with Crippen LogP contribution in [0.3, 0.4) is 0 Å². The molecular formula is C11H11F3INO4. The fourth-order valence-corrected chi connectivity index (χ4v) is 1.90. The molecule has 112 valence electrons. The number of carbonyl (C=O) groups is 1. The van der Waals surface area contributed by atoms with Crippen LogP contribution in [0.25, 0.3) is 0 Å². The van der Waals surface area contributed by atoms with Crippen LogP contribution in [-0.4, -0.2) is 31.0 Å². The van der Waals surface area contributed by atoms with Crippen LogP contribution in [0.2, 0.25) is 0 Å². The van der Waals surface area contributed by atoms with Crippen LogP contribution in [-0.2, 0) is 16.0 Å². The van der Waals surface area contributed by atoms with E-state index in [9.17, 15) is 18.0 Å². The maximum Gasteiger partial charge on any atom is 0.573 e. The van der Waals surface area contributed by atoms with Crippen LogP contribution in [0.4, 0.5) is 13.2 Å². The standard InChI is InChI=1S/C11H11F3INO4/c1-3-19-9(17)4-6-7(18-2)5-8(10(15)16-6)20-11(12,13)14/h5H,3-4H2,1-2H3. The van der Waals surface area contributed by atoms with E-state index in [0.717, 1.165) is 6.07 Å². The second-order valence-electron chi connectivity index (χ2n) is 3.46. The molecule has 0 saturated carbocycles. The lowest BCUT2D eigenvalue weighted by atomic mass is 10.2. The molecule has 0 N–H and O–H groups in total. The van der Waals surface area contributed by atoms with Crippen molar-refractivity contribution >= 4 is 28.6 Å².